The van der Waals surface area contributed by atoms with Crippen LogP contribution in [0.3, 0.4) is 0 Å². The molecule has 1 aromatic heterocycles. The number of halogens is 1. The summed E-state index contributed by atoms with van der Waals surface area (Å²) in [4.78, 5) is 78.7. The third-order valence-electron chi connectivity index (χ3n) is 12.5. The molecule has 3 aliphatic heterocycles. The lowest BCUT2D eigenvalue weighted by Gasteiger charge is -2.38. The lowest BCUT2D eigenvalue weighted by molar-refractivity contribution is -0.137. The number of amides is 5. The van der Waals surface area contributed by atoms with Crippen molar-refractivity contribution < 1.29 is 29.1 Å². The van der Waals surface area contributed by atoms with Crippen LogP contribution in [0.5, 0.6) is 0 Å². The van der Waals surface area contributed by atoms with Crippen molar-refractivity contribution in [1.29, 1.82) is 0 Å². The zero-order chi connectivity index (χ0) is 41.5. The molecule has 2 aromatic carbocycles. The number of anilines is 1. The summed E-state index contributed by atoms with van der Waals surface area (Å²) < 4.78 is 0. The Bertz CT molecular complexity index is 2020. The number of imide groups is 1. The van der Waals surface area contributed by atoms with Gasteiger partial charge in [-0.2, -0.15) is 0 Å². The van der Waals surface area contributed by atoms with Crippen LogP contribution in [0.1, 0.15) is 140 Å². The normalized spacial score (nSPS) is 20.7. The van der Waals surface area contributed by atoms with Gasteiger partial charge in [0.05, 0.1) is 17.7 Å². The fourth-order valence-electron chi connectivity index (χ4n) is 9.21. The highest BCUT2D eigenvalue weighted by Crippen LogP contribution is 2.43. The predicted octanol–water partition coefficient (Wildman–Crippen LogP) is 5.73. The van der Waals surface area contributed by atoms with Crippen LogP contribution in [0, 0.1) is 0 Å². The van der Waals surface area contributed by atoms with Crippen molar-refractivity contribution in [1.82, 2.24) is 30.4 Å². The van der Waals surface area contributed by atoms with E-state index in [0.717, 1.165) is 85.9 Å². The second-order valence-electron chi connectivity index (χ2n) is 16.5. The molecule has 0 bridgehead atoms. The van der Waals surface area contributed by atoms with Gasteiger partial charge in [0.25, 0.3) is 5.91 Å². The molecule has 4 aliphatic rings. The van der Waals surface area contributed by atoms with Crippen molar-refractivity contribution in [3.8, 4) is 0 Å². The van der Waals surface area contributed by atoms with Crippen LogP contribution in [-0.2, 0) is 32.1 Å². The van der Waals surface area contributed by atoms with Crippen LogP contribution in [0.2, 0.25) is 5.02 Å². The second-order valence-corrected chi connectivity index (χ2v) is 17.0. The van der Waals surface area contributed by atoms with Gasteiger partial charge in [0.2, 0.25) is 23.6 Å². The van der Waals surface area contributed by atoms with Gasteiger partial charge in [0.15, 0.2) is 0 Å². The third kappa shape index (κ3) is 9.95. The Kier molecular flexibility index (Phi) is 13.9. The van der Waals surface area contributed by atoms with E-state index in [4.69, 9.17) is 11.6 Å². The minimum atomic E-state index is -0.600. The smallest absolute Gasteiger partial charge is 0.255 e. The molecule has 5 amide bonds. The van der Waals surface area contributed by atoms with Gasteiger partial charge in [-0.3, -0.25) is 29.3 Å². The fraction of sp³-hybridized carbons (Fsp3) is 0.533. The Labute approximate surface area is 351 Å². The van der Waals surface area contributed by atoms with Crippen LogP contribution >= 0.6 is 11.6 Å². The van der Waals surface area contributed by atoms with Gasteiger partial charge >= 0.3 is 0 Å². The molecular weight excluding hydrogens is 770 g/mol. The Balaban J connectivity index is 0.791. The van der Waals surface area contributed by atoms with Crippen LogP contribution in [0.25, 0.3) is 0 Å². The van der Waals surface area contributed by atoms with E-state index in [9.17, 15) is 29.1 Å². The quantitative estimate of drug-likeness (QED) is 0.114. The van der Waals surface area contributed by atoms with Crippen molar-refractivity contribution in [3.05, 3.63) is 87.3 Å². The van der Waals surface area contributed by atoms with Gasteiger partial charge in [-0.1, -0.05) is 81.3 Å². The van der Waals surface area contributed by atoms with E-state index in [2.05, 4.69) is 38.5 Å². The maximum atomic E-state index is 14.0. The number of hydrogen-bond donors (Lipinski definition) is 3. The summed E-state index contributed by atoms with van der Waals surface area (Å²) in [5.74, 6) is -0.396. The maximum Gasteiger partial charge on any atom is 0.255 e. The molecular formula is C45H56ClN7O6. The molecule has 14 heteroatoms. The number of carbonyl (C=O) groups is 5. The molecule has 314 valence electrons. The van der Waals surface area contributed by atoms with E-state index >= 15 is 0 Å². The minimum absolute atomic E-state index is 0.0248. The molecule has 7 rings (SSSR count). The second kappa shape index (κ2) is 19.5. The van der Waals surface area contributed by atoms with Gasteiger partial charge in [-0.25, -0.2) is 9.97 Å². The molecule has 4 heterocycles. The summed E-state index contributed by atoms with van der Waals surface area (Å²) in [7, 11) is 0. The van der Waals surface area contributed by atoms with Gasteiger partial charge in [0.1, 0.15) is 18.2 Å². The molecule has 0 saturated carbocycles. The summed E-state index contributed by atoms with van der Waals surface area (Å²) in [5, 5.41) is 16.5. The number of benzene rings is 2. The van der Waals surface area contributed by atoms with E-state index in [1.54, 1.807) is 17.0 Å². The molecule has 3 N–H and O–H groups in total. The summed E-state index contributed by atoms with van der Waals surface area (Å²) in [5.41, 5.74) is 5.36. The first-order valence-corrected chi connectivity index (χ1v) is 21.8. The zero-order valence-corrected chi connectivity index (χ0v) is 34.7. The van der Waals surface area contributed by atoms with Gasteiger partial charge in [-0.05, 0) is 72.9 Å². The maximum absolute atomic E-state index is 14.0. The van der Waals surface area contributed by atoms with Gasteiger partial charge < -0.3 is 25.1 Å². The number of aliphatic hydroxyl groups is 1. The molecule has 2 fully saturated rings. The van der Waals surface area contributed by atoms with Crippen LogP contribution in [0.15, 0.2) is 48.8 Å². The number of nitrogens with zero attached hydrogens (tertiary/aromatic N) is 5. The van der Waals surface area contributed by atoms with E-state index in [-0.39, 0.29) is 48.4 Å². The average Bonchev–Trinajstić information content (AvgIpc) is 3.73. The fourth-order valence-corrected chi connectivity index (χ4v) is 9.33. The molecule has 13 nitrogen and oxygen atoms in total. The molecule has 2 saturated heterocycles. The lowest BCUT2D eigenvalue weighted by Crippen LogP contribution is -2.52. The number of piperidine rings is 1. The summed E-state index contributed by atoms with van der Waals surface area (Å²) in [6.45, 7) is 5.00. The van der Waals surface area contributed by atoms with E-state index < -0.39 is 18.1 Å². The molecule has 0 spiro atoms. The van der Waals surface area contributed by atoms with Crippen molar-refractivity contribution in [2.45, 2.75) is 121 Å². The highest BCUT2D eigenvalue weighted by molar-refractivity contribution is 6.30. The van der Waals surface area contributed by atoms with Crippen LogP contribution < -0.4 is 15.5 Å². The number of hydrogen-bond acceptors (Lipinski definition) is 9. The van der Waals surface area contributed by atoms with Crippen molar-refractivity contribution in [2.24, 2.45) is 0 Å². The Hall–Kier alpha value is -4.88. The molecule has 4 atom stereocenters. The number of nitrogens with one attached hydrogen (secondary N) is 2. The number of aromatic nitrogens is 2. The summed E-state index contributed by atoms with van der Waals surface area (Å²) in [6, 6.07) is 12.5. The summed E-state index contributed by atoms with van der Waals surface area (Å²) in [6.07, 6.45) is 11.8. The Morgan fingerprint density at radius 3 is 2.37 bits per heavy atom. The monoisotopic (exact) mass is 825 g/mol. The molecule has 2 unspecified atom stereocenters. The summed E-state index contributed by atoms with van der Waals surface area (Å²) >= 11 is 6.18. The largest absolute Gasteiger partial charge is 0.387 e. The SMILES string of the molecule is C[C@@H]1C[C@@H](O)c2ncnc(N3CCN(C(=O)C(CNC(=O)CCCCCCCCCCc4cccc5c4CN(C4CCC(=O)NC4=O)C5=O)c4ccc(Cl)cc4)CC3)c21. The van der Waals surface area contributed by atoms with Gasteiger partial charge in [-0.15, -0.1) is 0 Å². The number of rotatable bonds is 17. The molecule has 59 heavy (non-hydrogen) atoms. The van der Waals surface area contributed by atoms with Gasteiger partial charge in [0, 0.05) is 68.3 Å². The van der Waals surface area contributed by atoms with Crippen molar-refractivity contribution >= 4 is 47.0 Å². The van der Waals surface area contributed by atoms with E-state index in [1.807, 2.05) is 29.2 Å². The van der Waals surface area contributed by atoms with Crippen LogP contribution in [0.4, 0.5) is 5.82 Å². The zero-order valence-electron chi connectivity index (χ0n) is 34.0. The van der Waals surface area contributed by atoms with E-state index in [0.29, 0.717) is 68.3 Å². The van der Waals surface area contributed by atoms with Crippen LogP contribution in [-0.4, -0.2) is 93.2 Å². The highest BCUT2D eigenvalue weighted by atomic mass is 35.5. The van der Waals surface area contributed by atoms with E-state index in [1.165, 1.54) is 6.33 Å². The highest BCUT2D eigenvalue weighted by Gasteiger charge is 2.40. The first kappa shape index (κ1) is 42.3. The minimum Gasteiger partial charge on any atom is -0.387 e. The number of aliphatic hydroxyl groups excluding tert-OH is 1. The number of aryl methyl sites for hydroxylation is 1. The number of unbranched alkanes of at least 4 members (excludes halogenated alkanes) is 7. The first-order chi connectivity index (χ1) is 28.6. The number of carbonyl (C=O) groups excluding carboxylic acids is 5. The van der Waals surface area contributed by atoms with Crippen molar-refractivity contribution in [2.75, 3.05) is 37.6 Å². The molecule has 1 aliphatic carbocycles. The standard InChI is InChI=1S/C45H56ClN7O6/c1-29-25-37(54)41-40(29)42(49-28-48-41)51-21-23-52(24-22-51)44(58)34(31-15-17-32(46)18-16-31)26-47-38(55)14-9-7-5-3-2-4-6-8-11-30-12-10-13-33-35(30)27-53(45(33)59)36-19-20-39(56)50-43(36)57/h10,12-13,15-18,28-29,34,36-37,54H,2-9,11,14,19-27H2,1H3,(H,47,55)(H,50,56,57)/t29-,34?,36?,37-/m1/s1. The third-order valence-corrected chi connectivity index (χ3v) is 12.8. The Morgan fingerprint density at radius 1 is 0.932 bits per heavy atom. The molecule has 3 aromatic rings. The average molecular weight is 826 g/mol. The lowest BCUT2D eigenvalue weighted by atomic mass is 9.96. The molecule has 0 radical (unpaired) electrons. The number of fused-ring (bicyclic) bond motifs is 2. The number of piperazine rings is 1. The topological polar surface area (TPSA) is 165 Å². The first-order valence-electron chi connectivity index (χ1n) is 21.4. The Morgan fingerprint density at radius 2 is 1.64 bits per heavy atom. The predicted molar refractivity (Wildman–Crippen MR) is 224 cm³/mol. The van der Waals surface area contributed by atoms with Crippen molar-refractivity contribution in [3.63, 3.8) is 0 Å².